The minimum absolute atomic E-state index is 0.0255. The number of rotatable bonds is 5. The van der Waals surface area contributed by atoms with E-state index in [0.29, 0.717) is 50.3 Å². The number of anilines is 1. The zero-order valence-corrected chi connectivity index (χ0v) is 16.5. The number of nitrogens with two attached hydrogens (primary N) is 1. The van der Waals surface area contributed by atoms with E-state index in [2.05, 4.69) is 0 Å². The summed E-state index contributed by atoms with van der Waals surface area (Å²) in [5.41, 5.74) is 9.27. The molecule has 0 unspecified atom stereocenters. The molecule has 0 saturated carbocycles. The molecule has 148 valence electrons. The van der Waals surface area contributed by atoms with Gasteiger partial charge in [-0.25, -0.2) is 0 Å². The molecule has 2 N–H and O–H groups in total. The van der Waals surface area contributed by atoms with Gasteiger partial charge in [-0.1, -0.05) is 24.3 Å². The number of carbonyl (C=O) groups excluding carboxylic acids is 2. The van der Waals surface area contributed by atoms with Crippen LogP contribution in [0.3, 0.4) is 0 Å². The first-order chi connectivity index (χ1) is 13.5. The van der Waals surface area contributed by atoms with Gasteiger partial charge in [0.25, 0.3) is 5.91 Å². The van der Waals surface area contributed by atoms with Crippen LogP contribution in [-0.2, 0) is 11.2 Å². The third kappa shape index (κ3) is 4.44. The number of hydrogen-bond donors (Lipinski definition) is 1. The van der Waals surface area contributed by atoms with Crippen molar-refractivity contribution in [2.24, 2.45) is 0 Å². The van der Waals surface area contributed by atoms with Gasteiger partial charge in [0.15, 0.2) is 0 Å². The van der Waals surface area contributed by atoms with E-state index in [9.17, 15) is 9.59 Å². The van der Waals surface area contributed by atoms with Crippen LogP contribution in [-0.4, -0.2) is 54.9 Å². The Balaban J connectivity index is 1.53. The number of para-hydroxylation sites is 1. The average molecular weight is 381 g/mol. The van der Waals surface area contributed by atoms with Crippen LogP contribution < -0.4 is 10.5 Å². The van der Waals surface area contributed by atoms with Crippen LogP contribution in [0.5, 0.6) is 5.75 Å². The molecule has 0 atom stereocenters. The summed E-state index contributed by atoms with van der Waals surface area (Å²) < 4.78 is 5.31. The molecule has 6 heteroatoms. The summed E-state index contributed by atoms with van der Waals surface area (Å²) in [5, 5.41) is 0. The molecule has 3 rings (SSSR count). The average Bonchev–Trinajstić information content (AvgIpc) is 2.73. The molecule has 0 aliphatic carbocycles. The van der Waals surface area contributed by atoms with E-state index in [0.717, 1.165) is 16.8 Å². The molecule has 1 saturated heterocycles. The summed E-state index contributed by atoms with van der Waals surface area (Å²) in [5.74, 6) is 0.787. The first-order valence-electron chi connectivity index (χ1n) is 9.54. The van der Waals surface area contributed by atoms with Crippen molar-refractivity contribution in [3.63, 3.8) is 0 Å². The fourth-order valence-electron chi connectivity index (χ4n) is 3.46. The van der Waals surface area contributed by atoms with E-state index in [1.165, 1.54) is 0 Å². The lowest BCUT2D eigenvalue weighted by atomic mass is 10.1. The molecule has 0 aromatic heterocycles. The van der Waals surface area contributed by atoms with Crippen LogP contribution >= 0.6 is 0 Å². The Kier molecular flexibility index (Phi) is 6.19. The molecule has 2 aromatic carbocycles. The van der Waals surface area contributed by atoms with Gasteiger partial charge in [-0.2, -0.15) is 0 Å². The predicted octanol–water partition coefficient (Wildman–Crippen LogP) is 2.50. The first-order valence-corrected chi connectivity index (χ1v) is 9.54. The zero-order chi connectivity index (χ0) is 20.1. The Labute approximate surface area is 165 Å². The minimum atomic E-state index is -0.0255. The first kappa shape index (κ1) is 19.7. The number of nitrogen functional groups attached to an aromatic ring is 1. The van der Waals surface area contributed by atoms with Gasteiger partial charge in [-0.3, -0.25) is 9.59 Å². The number of hydrogen-bond acceptors (Lipinski definition) is 4. The fourth-order valence-corrected chi connectivity index (χ4v) is 3.46. The van der Waals surface area contributed by atoms with Gasteiger partial charge in [0.05, 0.1) is 7.11 Å². The number of ether oxygens (including phenoxy) is 1. The second kappa shape index (κ2) is 8.78. The van der Waals surface area contributed by atoms with Crippen molar-refractivity contribution in [3.05, 3.63) is 59.2 Å². The van der Waals surface area contributed by atoms with Gasteiger partial charge in [0, 0.05) is 43.9 Å². The van der Waals surface area contributed by atoms with E-state index in [4.69, 9.17) is 10.5 Å². The smallest absolute Gasteiger partial charge is 0.254 e. The van der Waals surface area contributed by atoms with Crippen molar-refractivity contribution < 1.29 is 14.3 Å². The Morgan fingerprint density at radius 2 is 1.71 bits per heavy atom. The maximum atomic E-state index is 12.8. The van der Waals surface area contributed by atoms with Gasteiger partial charge in [-0.05, 0) is 42.7 Å². The SMILES string of the molecule is COc1cc(C(=O)N2CCN(C(=O)CCc3ccccc3N)CC2)ccc1C. The lowest BCUT2D eigenvalue weighted by molar-refractivity contribution is -0.132. The van der Waals surface area contributed by atoms with Crippen molar-refractivity contribution in [2.45, 2.75) is 19.8 Å². The highest BCUT2D eigenvalue weighted by Gasteiger charge is 2.25. The van der Waals surface area contributed by atoms with E-state index < -0.39 is 0 Å². The molecule has 28 heavy (non-hydrogen) atoms. The van der Waals surface area contributed by atoms with Gasteiger partial charge in [-0.15, -0.1) is 0 Å². The molecule has 2 amide bonds. The van der Waals surface area contributed by atoms with Gasteiger partial charge in [0.1, 0.15) is 5.75 Å². The molecule has 2 aromatic rings. The van der Waals surface area contributed by atoms with Crippen molar-refractivity contribution in [3.8, 4) is 5.75 Å². The fraction of sp³-hybridized carbons (Fsp3) is 0.364. The number of piperazine rings is 1. The number of amides is 2. The number of methoxy groups -OCH3 is 1. The molecular formula is C22H27N3O3. The maximum Gasteiger partial charge on any atom is 0.254 e. The molecule has 1 heterocycles. The Morgan fingerprint density at radius 3 is 2.39 bits per heavy atom. The molecule has 1 aliphatic rings. The highest BCUT2D eigenvalue weighted by atomic mass is 16.5. The second-order valence-corrected chi connectivity index (χ2v) is 7.06. The number of aryl methyl sites for hydroxylation is 2. The van der Waals surface area contributed by atoms with E-state index in [1.807, 2.05) is 48.2 Å². The lowest BCUT2D eigenvalue weighted by Crippen LogP contribution is -2.50. The van der Waals surface area contributed by atoms with Gasteiger partial charge in [0.2, 0.25) is 5.91 Å². The summed E-state index contributed by atoms with van der Waals surface area (Å²) in [4.78, 5) is 28.9. The summed E-state index contributed by atoms with van der Waals surface area (Å²) in [6, 6.07) is 13.1. The highest BCUT2D eigenvalue weighted by Crippen LogP contribution is 2.21. The van der Waals surface area contributed by atoms with Crippen LogP contribution in [0.4, 0.5) is 5.69 Å². The molecule has 1 fully saturated rings. The van der Waals surface area contributed by atoms with Crippen LogP contribution in [0.15, 0.2) is 42.5 Å². The van der Waals surface area contributed by atoms with E-state index in [-0.39, 0.29) is 11.8 Å². The molecule has 0 radical (unpaired) electrons. The number of benzene rings is 2. The lowest BCUT2D eigenvalue weighted by Gasteiger charge is -2.35. The van der Waals surface area contributed by atoms with E-state index in [1.54, 1.807) is 18.1 Å². The summed E-state index contributed by atoms with van der Waals surface area (Å²) >= 11 is 0. The second-order valence-electron chi connectivity index (χ2n) is 7.06. The third-order valence-electron chi connectivity index (χ3n) is 5.24. The van der Waals surface area contributed by atoms with Crippen molar-refractivity contribution in [1.82, 2.24) is 9.80 Å². The van der Waals surface area contributed by atoms with Crippen molar-refractivity contribution in [2.75, 3.05) is 39.0 Å². The Bertz CT molecular complexity index is 858. The monoisotopic (exact) mass is 381 g/mol. The molecule has 6 nitrogen and oxygen atoms in total. The predicted molar refractivity (Wildman–Crippen MR) is 109 cm³/mol. The minimum Gasteiger partial charge on any atom is -0.496 e. The normalized spacial score (nSPS) is 14.1. The highest BCUT2D eigenvalue weighted by molar-refractivity contribution is 5.95. The maximum absolute atomic E-state index is 12.8. The molecule has 0 spiro atoms. The summed E-state index contributed by atoms with van der Waals surface area (Å²) in [6.45, 7) is 4.12. The molecule has 1 aliphatic heterocycles. The van der Waals surface area contributed by atoms with E-state index >= 15 is 0 Å². The largest absolute Gasteiger partial charge is 0.496 e. The zero-order valence-electron chi connectivity index (χ0n) is 16.5. The standard InChI is InChI=1S/C22H27N3O3/c1-16-7-8-18(15-20(16)28-2)22(27)25-13-11-24(12-14-25)21(26)10-9-17-5-3-4-6-19(17)23/h3-8,15H,9-14,23H2,1-2H3. The summed E-state index contributed by atoms with van der Waals surface area (Å²) in [6.07, 6.45) is 1.06. The number of nitrogens with zero attached hydrogens (tertiary/aromatic N) is 2. The third-order valence-corrected chi connectivity index (χ3v) is 5.24. The molecule has 0 bridgehead atoms. The van der Waals surface area contributed by atoms with Gasteiger partial charge < -0.3 is 20.3 Å². The van der Waals surface area contributed by atoms with Gasteiger partial charge >= 0.3 is 0 Å². The van der Waals surface area contributed by atoms with Crippen molar-refractivity contribution in [1.29, 1.82) is 0 Å². The Morgan fingerprint density at radius 1 is 1.04 bits per heavy atom. The van der Waals surface area contributed by atoms with Crippen LogP contribution in [0, 0.1) is 6.92 Å². The molecular weight excluding hydrogens is 354 g/mol. The van der Waals surface area contributed by atoms with Crippen LogP contribution in [0.1, 0.15) is 27.9 Å². The summed E-state index contributed by atoms with van der Waals surface area (Å²) in [7, 11) is 1.60. The van der Waals surface area contributed by atoms with Crippen LogP contribution in [0.2, 0.25) is 0 Å². The van der Waals surface area contributed by atoms with Crippen LogP contribution in [0.25, 0.3) is 0 Å². The number of carbonyl (C=O) groups is 2. The topological polar surface area (TPSA) is 75.9 Å². The Hall–Kier alpha value is -3.02. The quantitative estimate of drug-likeness (QED) is 0.808. The van der Waals surface area contributed by atoms with Crippen molar-refractivity contribution >= 4 is 17.5 Å².